The lowest BCUT2D eigenvalue weighted by Gasteiger charge is -2.34. The van der Waals surface area contributed by atoms with Gasteiger partial charge in [-0.1, -0.05) is 48.5 Å². The van der Waals surface area contributed by atoms with Crippen molar-refractivity contribution < 1.29 is 19.1 Å². The van der Waals surface area contributed by atoms with E-state index in [2.05, 4.69) is 10.6 Å². The Kier molecular flexibility index (Phi) is 9.30. The Bertz CT molecular complexity index is 1070. The Hall–Kier alpha value is -3.35. The first kappa shape index (κ1) is 28.9. The summed E-state index contributed by atoms with van der Waals surface area (Å²) in [6.45, 7) is 14.9. The lowest BCUT2D eigenvalue weighted by atomic mass is 9.94. The molecule has 0 radical (unpaired) electrons. The quantitative estimate of drug-likeness (QED) is 0.575. The molecule has 0 saturated carbocycles. The average molecular weight is 496 g/mol. The molecule has 2 N–H and O–H groups in total. The minimum Gasteiger partial charge on any atom is -0.444 e. The summed E-state index contributed by atoms with van der Waals surface area (Å²) < 4.78 is 5.43. The van der Waals surface area contributed by atoms with Crippen LogP contribution in [0.5, 0.6) is 0 Å². The summed E-state index contributed by atoms with van der Waals surface area (Å²) in [5, 5.41) is 5.75. The summed E-state index contributed by atoms with van der Waals surface area (Å²) in [7, 11) is 1.60. The molecule has 7 heteroatoms. The molecule has 3 amide bonds. The van der Waals surface area contributed by atoms with Gasteiger partial charge in [-0.05, 0) is 77.6 Å². The summed E-state index contributed by atoms with van der Waals surface area (Å²) in [6, 6.07) is 13.4. The first-order valence-electron chi connectivity index (χ1n) is 12.3. The number of benzene rings is 2. The Morgan fingerprint density at radius 1 is 0.917 bits per heavy atom. The van der Waals surface area contributed by atoms with Gasteiger partial charge in [0, 0.05) is 19.0 Å². The molecule has 2 unspecified atom stereocenters. The molecule has 2 atom stereocenters. The van der Waals surface area contributed by atoms with E-state index in [-0.39, 0.29) is 18.2 Å². The number of nitrogens with zero attached hydrogens (tertiary/aromatic N) is 1. The number of amides is 3. The highest BCUT2D eigenvalue weighted by Crippen LogP contribution is 2.27. The van der Waals surface area contributed by atoms with E-state index in [0.717, 1.165) is 22.3 Å². The first-order valence-corrected chi connectivity index (χ1v) is 12.3. The average Bonchev–Trinajstić information content (AvgIpc) is 2.74. The number of rotatable bonds is 7. The molecule has 2 aromatic carbocycles. The van der Waals surface area contributed by atoms with Gasteiger partial charge in [-0.3, -0.25) is 9.59 Å². The smallest absolute Gasteiger partial charge is 0.408 e. The number of hydrogen-bond donors (Lipinski definition) is 2. The summed E-state index contributed by atoms with van der Waals surface area (Å²) in [6.07, 6.45) is -0.434. The molecule has 7 nitrogen and oxygen atoms in total. The molecule has 0 aliphatic rings. The predicted octanol–water partition coefficient (Wildman–Crippen LogP) is 4.85. The van der Waals surface area contributed by atoms with Gasteiger partial charge in [-0.15, -0.1) is 0 Å². The molecule has 0 aromatic heterocycles. The van der Waals surface area contributed by atoms with Gasteiger partial charge >= 0.3 is 6.09 Å². The molecular weight excluding hydrogens is 454 g/mol. The van der Waals surface area contributed by atoms with Crippen LogP contribution in [-0.2, 0) is 20.7 Å². The first-order chi connectivity index (χ1) is 16.6. The number of carbonyl (C=O) groups excluding carboxylic acids is 3. The number of aryl methyl sites for hydroxylation is 1. The van der Waals surface area contributed by atoms with Crippen molar-refractivity contribution in [2.45, 2.75) is 85.0 Å². The van der Waals surface area contributed by atoms with Crippen LogP contribution in [0.25, 0.3) is 0 Å². The zero-order valence-corrected chi connectivity index (χ0v) is 23.1. The molecule has 0 aliphatic carbocycles. The third-order valence-corrected chi connectivity index (χ3v) is 5.69. The highest BCUT2D eigenvalue weighted by Gasteiger charge is 2.36. The van der Waals surface area contributed by atoms with Crippen LogP contribution in [0.1, 0.15) is 69.8 Å². The molecule has 36 heavy (non-hydrogen) atoms. The van der Waals surface area contributed by atoms with E-state index in [4.69, 9.17) is 4.74 Å². The molecule has 0 fully saturated rings. The zero-order valence-electron chi connectivity index (χ0n) is 23.1. The van der Waals surface area contributed by atoms with Gasteiger partial charge in [0.05, 0.1) is 0 Å². The molecule has 0 spiro atoms. The molecule has 0 bridgehead atoms. The van der Waals surface area contributed by atoms with Crippen molar-refractivity contribution in [2.75, 3.05) is 7.05 Å². The van der Waals surface area contributed by atoms with Gasteiger partial charge in [0.2, 0.25) is 11.8 Å². The molecule has 0 aliphatic heterocycles. The standard InChI is InChI=1S/C29H41N3O4/c1-19-14-13-17-22(20(19)2)24(25(33)31-28(3,4)5)32(9)26(34)23(18-21-15-11-10-12-16-21)30-27(35)36-29(6,7)8/h10-17,23-24H,18H2,1-9H3,(H,30,35)(H,31,33). The molecule has 2 rings (SSSR count). The van der Waals surface area contributed by atoms with Crippen molar-refractivity contribution >= 4 is 17.9 Å². The van der Waals surface area contributed by atoms with Gasteiger partial charge in [0.1, 0.15) is 17.7 Å². The summed E-state index contributed by atoms with van der Waals surface area (Å²) in [4.78, 5) is 41.5. The fourth-order valence-electron chi connectivity index (χ4n) is 3.91. The van der Waals surface area contributed by atoms with Crippen molar-refractivity contribution in [3.63, 3.8) is 0 Å². The van der Waals surface area contributed by atoms with Crippen molar-refractivity contribution in [2.24, 2.45) is 0 Å². The van der Waals surface area contributed by atoms with E-state index in [1.165, 1.54) is 4.90 Å². The highest BCUT2D eigenvalue weighted by atomic mass is 16.6. The monoisotopic (exact) mass is 495 g/mol. The van der Waals surface area contributed by atoms with Crippen molar-refractivity contribution in [1.29, 1.82) is 0 Å². The number of ether oxygens (including phenoxy) is 1. The molecule has 196 valence electrons. The van der Waals surface area contributed by atoms with Crippen LogP contribution in [0.4, 0.5) is 4.79 Å². The Morgan fingerprint density at radius 2 is 1.53 bits per heavy atom. The van der Waals surface area contributed by atoms with E-state index in [9.17, 15) is 14.4 Å². The Balaban J connectivity index is 2.47. The van der Waals surface area contributed by atoms with Crippen LogP contribution in [-0.4, -0.2) is 47.0 Å². The van der Waals surface area contributed by atoms with Gasteiger partial charge in [0.25, 0.3) is 0 Å². The largest absolute Gasteiger partial charge is 0.444 e. The van der Waals surface area contributed by atoms with E-state index in [0.29, 0.717) is 0 Å². The van der Waals surface area contributed by atoms with Crippen LogP contribution >= 0.6 is 0 Å². The molecule has 2 aromatic rings. The minimum atomic E-state index is -0.928. The topological polar surface area (TPSA) is 87.7 Å². The van der Waals surface area contributed by atoms with Crippen molar-refractivity contribution in [3.8, 4) is 0 Å². The van der Waals surface area contributed by atoms with E-state index >= 15 is 0 Å². The minimum absolute atomic E-state index is 0.254. The van der Waals surface area contributed by atoms with E-state index in [1.807, 2.05) is 83.1 Å². The number of likely N-dealkylation sites (N-methyl/N-ethyl adjacent to an activating group) is 1. The maximum atomic E-state index is 13.9. The van der Waals surface area contributed by atoms with Crippen molar-refractivity contribution in [3.05, 3.63) is 70.8 Å². The van der Waals surface area contributed by atoms with Gasteiger partial charge in [0.15, 0.2) is 0 Å². The maximum absolute atomic E-state index is 13.9. The fraction of sp³-hybridized carbons (Fsp3) is 0.483. The Morgan fingerprint density at radius 3 is 2.08 bits per heavy atom. The second-order valence-electron chi connectivity index (χ2n) is 11.3. The van der Waals surface area contributed by atoms with Gasteiger partial charge < -0.3 is 20.3 Å². The molecular formula is C29H41N3O4. The van der Waals surface area contributed by atoms with E-state index in [1.54, 1.807) is 27.8 Å². The fourth-order valence-corrected chi connectivity index (χ4v) is 3.91. The van der Waals surface area contributed by atoms with Crippen LogP contribution in [0.3, 0.4) is 0 Å². The SMILES string of the molecule is Cc1cccc(C(C(=O)NC(C)(C)C)N(C)C(=O)C(Cc2ccccc2)NC(=O)OC(C)(C)C)c1C. The normalized spacial score (nSPS) is 13.4. The molecule has 0 saturated heterocycles. The summed E-state index contributed by atoms with van der Waals surface area (Å²) >= 11 is 0. The zero-order chi connectivity index (χ0) is 27.3. The predicted molar refractivity (Wildman–Crippen MR) is 143 cm³/mol. The third-order valence-electron chi connectivity index (χ3n) is 5.69. The van der Waals surface area contributed by atoms with E-state index < -0.39 is 29.3 Å². The summed E-state index contributed by atoms with van der Waals surface area (Å²) in [5.74, 6) is -0.678. The van der Waals surface area contributed by atoms with Crippen LogP contribution in [0, 0.1) is 13.8 Å². The van der Waals surface area contributed by atoms with Crippen molar-refractivity contribution in [1.82, 2.24) is 15.5 Å². The molecule has 0 heterocycles. The highest BCUT2D eigenvalue weighted by molar-refractivity contribution is 5.92. The number of carbonyl (C=O) groups is 3. The van der Waals surface area contributed by atoms with Gasteiger partial charge in [-0.25, -0.2) is 4.79 Å². The number of nitrogens with one attached hydrogen (secondary N) is 2. The lowest BCUT2D eigenvalue weighted by Crippen LogP contribution is -2.54. The lowest BCUT2D eigenvalue weighted by molar-refractivity contribution is -0.141. The number of hydrogen-bond acceptors (Lipinski definition) is 4. The second kappa shape index (κ2) is 11.6. The Labute approximate surface area is 215 Å². The third kappa shape index (κ3) is 8.40. The summed E-state index contributed by atoms with van der Waals surface area (Å²) in [5.41, 5.74) is 2.37. The van der Waals surface area contributed by atoms with Crippen LogP contribution in [0.15, 0.2) is 48.5 Å². The van der Waals surface area contributed by atoms with Gasteiger partial charge in [-0.2, -0.15) is 0 Å². The number of alkyl carbamates (subject to hydrolysis) is 1. The maximum Gasteiger partial charge on any atom is 0.408 e. The van der Waals surface area contributed by atoms with Crippen LogP contribution in [0.2, 0.25) is 0 Å². The van der Waals surface area contributed by atoms with Crippen LogP contribution < -0.4 is 10.6 Å². The second-order valence-corrected chi connectivity index (χ2v) is 11.3.